The summed E-state index contributed by atoms with van der Waals surface area (Å²) in [5.41, 5.74) is 0. The molecule has 0 saturated heterocycles. The molecule has 15 heavy (non-hydrogen) atoms. The predicted molar refractivity (Wildman–Crippen MR) is 62.6 cm³/mol. The molecule has 1 N–H and O–H groups in total. The predicted octanol–water partition coefficient (Wildman–Crippen LogP) is 1.90. The molecule has 0 aromatic heterocycles. The van der Waals surface area contributed by atoms with E-state index in [4.69, 9.17) is 5.11 Å². The van der Waals surface area contributed by atoms with Crippen molar-refractivity contribution < 1.29 is 9.90 Å². The standard InChI is InChI=1S/C12H25NO2/c1-5-6-7-13(8-9-14)12(15)11(4)10(2)3/h10-11,14H,5-9H2,1-4H3. The van der Waals surface area contributed by atoms with Crippen molar-refractivity contribution in [2.75, 3.05) is 19.7 Å². The van der Waals surface area contributed by atoms with Crippen molar-refractivity contribution in [3.05, 3.63) is 0 Å². The molecule has 0 aromatic rings. The van der Waals surface area contributed by atoms with Crippen molar-refractivity contribution in [2.24, 2.45) is 11.8 Å². The maximum absolute atomic E-state index is 12.0. The van der Waals surface area contributed by atoms with Gasteiger partial charge in [-0.1, -0.05) is 34.1 Å². The number of carbonyl (C=O) groups is 1. The van der Waals surface area contributed by atoms with Crippen LogP contribution in [0.15, 0.2) is 0 Å². The minimum atomic E-state index is 0.0495. The molecule has 0 aliphatic rings. The smallest absolute Gasteiger partial charge is 0.225 e. The van der Waals surface area contributed by atoms with Crippen LogP contribution in [-0.4, -0.2) is 35.6 Å². The number of carbonyl (C=O) groups excluding carboxylic acids is 1. The summed E-state index contributed by atoms with van der Waals surface area (Å²) < 4.78 is 0. The Morgan fingerprint density at radius 1 is 1.27 bits per heavy atom. The highest BCUT2D eigenvalue weighted by Gasteiger charge is 2.21. The first-order chi connectivity index (χ1) is 7.04. The first kappa shape index (κ1) is 14.4. The van der Waals surface area contributed by atoms with E-state index >= 15 is 0 Å². The number of aliphatic hydroxyl groups is 1. The number of unbranched alkanes of at least 4 members (excludes halogenated alkanes) is 1. The molecule has 0 radical (unpaired) electrons. The van der Waals surface area contributed by atoms with Gasteiger partial charge in [-0.3, -0.25) is 4.79 Å². The SMILES string of the molecule is CCCCN(CCO)C(=O)C(C)C(C)C. The molecule has 90 valence electrons. The molecular formula is C12H25NO2. The fourth-order valence-corrected chi connectivity index (χ4v) is 1.38. The molecule has 0 saturated carbocycles. The van der Waals surface area contributed by atoms with Crippen molar-refractivity contribution in [1.29, 1.82) is 0 Å². The van der Waals surface area contributed by atoms with Gasteiger partial charge in [-0.15, -0.1) is 0 Å². The Bertz CT molecular complexity index is 180. The van der Waals surface area contributed by atoms with Crippen LogP contribution in [0.4, 0.5) is 0 Å². The highest BCUT2D eigenvalue weighted by Crippen LogP contribution is 2.13. The van der Waals surface area contributed by atoms with Crippen LogP contribution in [-0.2, 0) is 4.79 Å². The molecule has 0 rings (SSSR count). The lowest BCUT2D eigenvalue weighted by atomic mass is 9.96. The fourth-order valence-electron chi connectivity index (χ4n) is 1.38. The van der Waals surface area contributed by atoms with Crippen molar-refractivity contribution in [2.45, 2.75) is 40.5 Å². The Hall–Kier alpha value is -0.570. The zero-order valence-electron chi connectivity index (χ0n) is 10.5. The van der Waals surface area contributed by atoms with E-state index in [1.807, 2.05) is 6.92 Å². The molecule has 3 nitrogen and oxygen atoms in total. The molecule has 1 atom stereocenters. The minimum absolute atomic E-state index is 0.0495. The zero-order valence-corrected chi connectivity index (χ0v) is 10.5. The van der Waals surface area contributed by atoms with Gasteiger partial charge in [-0.2, -0.15) is 0 Å². The van der Waals surface area contributed by atoms with Gasteiger partial charge in [0.25, 0.3) is 0 Å². The van der Waals surface area contributed by atoms with E-state index in [9.17, 15) is 4.79 Å². The summed E-state index contributed by atoms with van der Waals surface area (Å²) in [5.74, 6) is 0.584. The monoisotopic (exact) mass is 215 g/mol. The van der Waals surface area contributed by atoms with E-state index in [0.29, 0.717) is 12.5 Å². The van der Waals surface area contributed by atoms with Crippen LogP contribution in [0.3, 0.4) is 0 Å². The number of rotatable bonds is 7. The molecule has 0 aromatic carbocycles. The first-order valence-electron chi connectivity index (χ1n) is 5.94. The lowest BCUT2D eigenvalue weighted by molar-refractivity contribution is -0.136. The average molecular weight is 215 g/mol. The van der Waals surface area contributed by atoms with Gasteiger partial charge in [0.1, 0.15) is 0 Å². The van der Waals surface area contributed by atoms with Gasteiger partial charge in [0.15, 0.2) is 0 Å². The third-order valence-electron chi connectivity index (χ3n) is 2.85. The third-order valence-corrected chi connectivity index (χ3v) is 2.85. The molecular weight excluding hydrogens is 190 g/mol. The number of nitrogens with zero attached hydrogens (tertiary/aromatic N) is 1. The quantitative estimate of drug-likeness (QED) is 0.704. The van der Waals surface area contributed by atoms with E-state index in [1.165, 1.54) is 0 Å². The number of aliphatic hydroxyl groups excluding tert-OH is 1. The Morgan fingerprint density at radius 3 is 2.27 bits per heavy atom. The van der Waals surface area contributed by atoms with Crippen LogP contribution in [0.2, 0.25) is 0 Å². The van der Waals surface area contributed by atoms with Crippen LogP contribution < -0.4 is 0 Å². The lowest BCUT2D eigenvalue weighted by Crippen LogP contribution is -2.39. The van der Waals surface area contributed by atoms with Crippen LogP contribution in [0, 0.1) is 11.8 Å². The Labute approximate surface area is 93.5 Å². The van der Waals surface area contributed by atoms with Crippen LogP contribution in [0.25, 0.3) is 0 Å². The highest BCUT2D eigenvalue weighted by molar-refractivity contribution is 5.78. The summed E-state index contributed by atoms with van der Waals surface area (Å²) in [4.78, 5) is 13.8. The highest BCUT2D eigenvalue weighted by atomic mass is 16.3. The second-order valence-corrected chi connectivity index (χ2v) is 4.44. The topological polar surface area (TPSA) is 40.5 Å². The second kappa shape index (κ2) is 7.69. The number of amides is 1. The normalized spacial score (nSPS) is 12.9. The summed E-state index contributed by atoms with van der Waals surface area (Å²) >= 11 is 0. The van der Waals surface area contributed by atoms with Gasteiger partial charge < -0.3 is 10.0 Å². The van der Waals surface area contributed by atoms with Crippen molar-refractivity contribution in [1.82, 2.24) is 4.90 Å². The fraction of sp³-hybridized carbons (Fsp3) is 0.917. The van der Waals surface area contributed by atoms with Gasteiger partial charge in [0.05, 0.1) is 6.61 Å². The Balaban J connectivity index is 4.26. The van der Waals surface area contributed by atoms with Gasteiger partial charge >= 0.3 is 0 Å². The molecule has 0 aliphatic carbocycles. The van der Waals surface area contributed by atoms with Gasteiger partial charge in [0.2, 0.25) is 5.91 Å². The third kappa shape index (κ3) is 5.17. The molecule has 0 heterocycles. The van der Waals surface area contributed by atoms with Gasteiger partial charge in [0, 0.05) is 19.0 Å². The average Bonchev–Trinajstić information content (AvgIpc) is 2.22. The van der Waals surface area contributed by atoms with E-state index in [-0.39, 0.29) is 18.4 Å². The van der Waals surface area contributed by atoms with E-state index < -0.39 is 0 Å². The summed E-state index contributed by atoms with van der Waals surface area (Å²) in [6, 6.07) is 0. The minimum Gasteiger partial charge on any atom is -0.395 e. The van der Waals surface area contributed by atoms with E-state index in [0.717, 1.165) is 19.4 Å². The van der Waals surface area contributed by atoms with Crippen molar-refractivity contribution >= 4 is 5.91 Å². The largest absolute Gasteiger partial charge is 0.395 e. The van der Waals surface area contributed by atoms with E-state index in [1.54, 1.807) is 4.90 Å². The molecule has 0 spiro atoms. The molecule has 1 unspecified atom stereocenters. The van der Waals surface area contributed by atoms with Crippen molar-refractivity contribution in [3.63, 3.8) is 0 Å². The Kier molecular flexibility index (Phi) is 7.39. The number of hydrogen-bond donors (Lipinski definition) is 1. The zero-order chi connectivity index (χ0) is 11.8. The first-order valence-corrected chi connectivity index (χ1v) is 5.94. The molecule has 1 amide bonds. The summed E-state index contributed by atoms with van der Waals surface area (Å²) in [6.45, 7) is 9.47. The summed E-state index contributed by atoms with van der Waals surface area (Å²) in [5, 5.41) is 8.91. The van der Waals surface area contributed by atoms with Crippen molar-refractivity contribution in [3.8, 4) is 0 Å². The molecule has 0 fully saturated rings. The van der Waals surface area contributed by atoms with Gasteiger partial charge in [-0.05, 0) is 12.3 Å². The summed E-state index contributed by atoms with van der Waals surface area (Å²) in [7, 11) is 0. The van der Waals surface area contributed by atoms with E-state index in [2.05, 4.69) is 20.8 Å². The molecule has 0 aliphatic heterocycles. The van der Waals surface area contributed by atoms with Gasteiger partial charge in [-0.25, -0.2) is 0 Å². The maximum Gasteiger partial charge on any atom is 0.225 e. The lowest BCUT2D eigenvalue weighted by Gasteiger charge is -2.26. The Morgan fingerprint density at radius 2 is 1.87 bits per heavy atom. The number of hydrogen-bond acceptors (Lipinski definition) is 2. The van der Waals surface area contributed by atoms with Crippen LogP contribution in [0.1, 0.15) is 40.5 Å². The van der Waals surface area contributed by atoms with Crippen LogP contribution >= 0.6 is 0 Å². The maximum atomic E-state index is 12.0. The molecule has 3 heteroatoms. The second-order valence-electron chi connectivity index (χ2n) is 4.44. The molecule has 0 bridgehead atoms. The summed E-state index contributed by atoms with van der Waals surface area (Å²) in [6.07, 6.45) is 2.09. The van der Waals surface area contributed by atoms with Crippen LogP contribution in [0.5, 0.6) is 0 Å².